The summed E-state index contributed by atoms with van der Waals surface area (Å²) in [5.41, 5.74) is 0. The number of aliphatic hydroxyl groups is 2. The SMILES string of the molecule is C=CCCCCCCCCCCCCCCCC(=O)OC[C@H](COP(=O)(O)OC[C@@H](O)CO)OC(=O)CCCCCCCCCCCCCCCCCCCC. The maximum absolute atomic E-state index is 12.6. The van der Waals surface area contributed by atoms with E-state index in [0.717, 1.165) is 44.9 Å². The van der Waals surface area contributed by atoms with E-state index in [2.05, 4.69) is 13.5 Å². The minimum atomic E-state index is -4.61. The van der Waals surface area contributed by atoms with Crippen LogP contribution in [0, 0.1) is 0 Å². The molecule has 0 bridgehead atoms. The Bertz CT molecular complexity index is 933. The van der Waals surface area contributed by atoms with Crippen LogP contribution in [0.1, 0.15) is 225 Å². The molecule has 1 unspecified atom stereocenters. The molecule has 0 saturated heterocycles. The summed E-state index contributed by atoms with van der Waals surface area (Å²) in [4.78, 5) is 35.0. The number of phosphoric ester groups is 1. The van der Waals surface area contributed by atoms with Crippen LogP contribution in [0.15, 0.2) is 12.7 Å². The summed E-state index contributed by atoms with van der Waals surface area (Å²) in [6.07, 6.45) is 39.2. The second-order valence-corrected chi connectivity index (χ2v) is 17.3. The molecule has 0 saturated carbocycles. The lowest BCUT2D eigenvalue weighted by Gasteiger charge is -2.20. The number of carbonyl (C=O) groups excluding carboxylic acids is 2. The van der Waals surface area contributed by atoms with Gasteiger partial charge in [-0.2, -0.15) is 0 Å². The zero-order chi connectivity index (χ0) is 41.2. The van der Waals surface area contributed by atoms with Gasteiger partial charge in [-0.1, -0.05) is 193 Å². The van der Waals surface area contributed by atoms with Gasteiger partial charge in [-0.3, -0.25) is 18.6 Å². The van der Waals surface area contributed by atoms with Crippen molar-refractivity contribution in [2.24, 2.45) is 0 Å². The third-order valence-electron chi connectivity index (χ3n) is 10.3. The maximum Gasteiger partial charge on any atom is 0.472 e. The molecule has 56 heavy (non-hydrogen) atoms. The van der Waals surface area contributed by atoms with E-state index >= 15 is 0 Å². The molecule has 0 aromatic heterocycles. The molecule has 0 spiro atoms. The summed E-state index contributed by atoms with van der Waals surface area (Å²) in [7, 11) is -4.61. The number of carbonyl (C=O) groups is 2. The van der Waals surface area contributed by atoms with Crippen LogP contribution < -0.4 is 0 Å². The first kappa shape index (κ1) is 54.7. The van der Waals surface area contributed by atoms with Crippen LogP contribution in [0.4, 0.5) is 0 Å². The van der Waals surface area contributed by atoms with Crippen LogP contribution in [0.3, 0.4) is 0 Å². The molecule has 3 atom stereocenters. The van der Waals surface area contributed by atoms with Crippen LogP contribution >= 0.6 is 7.82 Å². The van der Waals surface area contributed by atoms with E-state index in [-0.39, 0.29) is 19.4 Å². The van der Waals surface area contributed by atoms with E-state index in [1.54, 1.807) is 0 Å². The first-order valence-electron chi connectivity index (χ1n) is 23.1. The Hall–Kier alpha value is -1.29. The molecule has 0 aliphatic heterocycles. The van der Waals surface area contributed by atoms with Crippen LogP contribution in [0.5, 0.6) is 0 Å². The minimum Gasteiger partial charge on any atom is -0.462 e. The number of hydrogen-bond acceptors (Lipinski definition) is 9. The lowest BCUT2D eigenvalue weighted by molar-refractivity contribution is -0.161. The van der Waals surface area contributed by atoms with Crippen LogP contribution in [-0.2, 0) is 32.7 Å². The molecule has 0 aliphatic carbocycles. The topological polar surface area (TPSA) is 149 Å². The predicted molar refractivity (Wildman–Crippen MR) is 229 cm³/mol. The van der Waals surface area contributed by atoms with Gasteiger partial charge in [-0.15, -0.1) is 6.58 Å². The van der Waals surface area contributed by atoms with Crippen LogP contribution in [-0.4, -0.2) is 65.7 Å². The molecule has 0 aromatic carbocycles. The third kappa shape index (κ3) is 40.9. The van der Waals surface area contributed by atoms with Crippen molar-refractivity contribution in [1.29, 1.82) is 0 Å². The summed E-state index contributed by atoms with van der Waals surface area (Å²) >= 11 is 0. The van der Waals surface area contributed by atoms with E-state index in [4.69, 9.17) is 23.6 Å². The van der Waals surface area contributed by atoms with Crippen molar-refractivity contribution in [3.63, 3.8) is 0 Å². The molecular weight excluding hydrogens is 731 g/mol. The smallest absolute Gasteiger partial charge is 0.462 e. The largest absolute Gasteiger partial charge is 0.472 e. The van der Waals surface area contributed by atoms with Gasteiger partial charge in [0.25, 0.3) is 0 Å². The molecule has 0 heterocycles. The Morgan fingerprint density at radius 2 is 0.911 bits per heavy atom. The van der Waals surface area contributed by atoms with Crippen molar-refractivity contribution in [3.8, 4) is 0 Å². The molecule has 0 radical (unpaired) electrons. The van der Waals surface area contributed by atoms with Gasteiger partial charge in [0.1, 0.15) is 12.7 Å². The van der Waals surface area contributed by atoms with Gasteiger partial charge in [0.05, 0.1) is 19.8 Å². The first-order chi connectivity index (χ1) is 27.2. The average Bonchev–Trinajstić information content (AvgIpc) is 3.19. The Morgan fingerprint density at radius 1 is 0.554 bits per heavy atom. The molecule has 0 fully saturated rings. The Balaban J connectivity index is 4.19. The standard InChI is InChI=1S/C45H87O10P/c1-3-5-7-9-11-13-15-17-19-20-21-23-25-27-29-31-33-35-37-45(49)55-43(41-54-56(50,51)53-39-42(47)38-46)40-52-44(48)36-34-32-30-28-26-24-22-18-16-14-12-10-8-6-4-2/h4,42-43,46-47H,2-3,5-41H2,1H3,(H,50,51)/t42-,43+/m0/s1. The lowest BCUT2D eigenvalue weighted by atomic mass is 10.0. The van der Waals surface area contributed by atoms with Crippen LogP contribution in [0.2, 0.25) is 0 Å². The number of unbranched alkanes of at least 4 members (excludes halogenated alkanes) is 30. The van der Waals surface area contributed by atoms with Gasteiger partial charge < -0.3 is 24.6 Å². The maximum atomic E-state index is 12.6. The van der Waals surface area contributed by atoms with Crippen molar-refractivity contribution in [1.82, 2.24) is 0 Å². The second-order valence-electron chi connectivity index (χ2n) is 15.9. The zero-order valence-electron chi connectivity index (χ0n) is 36.0. The van der Waals surface area contributed by atoms with Crippen molar-refractivity contribution < 1.29 is 47.8 Å². The molecule has 332 valence electrons. The molecule has 3 N–H and O–H groups in total. The number of rotatable bonds is 45. The minimum absolute atomic E-state index is 0.190. The molecular formula is C45H87O10P. The van der Waals surface area contributed by atoms with E-state index < -0.39 is 51.8 Å². The second kappa shape index (κ2) is 41.9. The first-order valence-corrected chi connectivity index (χ1v) is 24.6. The summed E-state index contributed by atoms with van der Waals surface area (Å²) < 4.78 is 32.8. The molecule has 0 amide bonds. The highest BCUT2D eigenvalue weighted by Gasteiger charge is 2.27. The number of esters is 2. The monoisotopic (exact) mass is 819 g/mol. The molecule has 0 aliphatic rings. The van der Waals surface area contributed by atoms with Gasteiger partial charge in [-0.05, 0) is 25.7 Å². The quantitative estimate of drug-likeness (QED) is 0.0235. The number of phosphoric acid groups is 1. The van der Waals surface area contributed by atoms with E-state index in [1.807, 2.05) is 6.08 Å². The summed E-state index contributed by atoms with van der Waals surface area (Å²) in [5.74, 6) is -0.914. The fraction of sp³-hybridized carbons (Fsp3) is 0.911. The molecule has 11 heteroatoms. The Morgan fingerprint density at radius 3 is 1.30 bits per heavy atom. The summed E-state index contributed by atoms with van der Waals surface area (Å²) in [5, 5.41) is 18.3. The average molecular weight is 819 g/mol. The summed E-state index contributed by atoms with van der Waals surface area (Å²) in [6.45, 7) is 3.94. The van der Waals surface area contributed by atoms with E-state index in [1.165, 1.54) is 148 Å². The number of ether oxygens (including phenoxy) is 2. The van der Waals surface area contributed by atoms with Gasteiger partial charge in [0.15, 0.2) is 6.10 Å². The highest BCUT2D eigenvalue weighted by Crippen LogP contribution is 2.43. The zero-order valence-corrected chi connectivity index (χ0v) is 36.9. The molecule has 0 aromatic rings. The fourth-order valence-electron chi connectivity index (χ4n) is 6.74. The lowest BCUT2D eigenvalue weighted by Crippen LogP contribution is -2.29. The number of allylic oxidation sites excluding steroid dienone is 1. The number of aliphatic hydroxyl groups excluding tert-OH is 2. The Kier molecular flexibility index (Phi) is 40.9. The van der Waals surface area contributed by atoms with Crippen LogP contribution in [0.25, 0.3) is 0 Å². The number of hydrogen-bond donors (Lipinski definition) is 3. The van der Waals surface area contributed by atoms with Crippen molar-refractivity contribution in [2.45, 2.75) is 237 Å². The molecule has 10 nitrogen and oxygen atoms in total. The fourth-order valence-corrected chi connectivity index (χ4v) is 7.53. The highest BCUT2D eigenvalue weighted by molar-refractivity contribution is 7.47. The summed E-state index contributed by atoms with van der Waals surface area (Å²) in [6, 6.07) is 0. The van der Waals surface area contributed by atoms with Gasteiger partial charge in [0, 0.05) is 12.8 Å². The van der Waals surface area contributed by atoms with Crippen molar-refractivity contribution in [2.75, 3.05) is 26.4 Å². The Labute approximate surface area is 343 Å². The van der Waals surface area contributed by atoms with Crippen molar-refractivity contribution in [3.05, 3.63) is 12.7 Å². The van der Waals surface area contributed by atoms with Gasteiger partial charge >= 0.3 is 19.8 Å². The normalized spacial score (nSPS) is 13.6. The van der Waals surface area contributed by atoms with Gasteiger partial charge in [0.2, 0.25) is 0 Å². The van der Waals surface area contributed by atoms with Crippen molar-refractivity contribution >= 4 is 19.8 Å². The van der Waals surface area contributed by atoms with Gasteiger partial charge in [-0.25, -0.2) is 4.57 Å². The van der Waals surface area contributed by atoms with E-state index in [9.17, 15) is 24.2 Å². The third-order valence-corrected chi connectivity index (χ3v) is 11.3. The van der Waals surface area contributed by atoms with E-state index in [0.29, 0.717) is 12.8 Å². The highest BCUT2D eigenvalue weighted by atomic mass is 31.2. The predicted octanol–water partition coefficient (Wildman–Crippen LogP) is 12.4. The molecule has 0 rings (SSSR count).